The maximum absolute atomic E-state index is 11.2. The zero-order valence-electron chi connectivity index (χ0n) is 9.47. The van der Waals surface area contributed by atoms with Crippen LogP contribution in [0, 0.1) is 11.3 Å². The Morgan fingerprint density at radius 1 is 1.41 bits per heavy atom. The van der Waals surface area contributed by atoms with Crippen molar-refractivity contribution in [2.24, 2.45) is 7.05 Å². The molecule has 0 N–H and O–H groups in total. The number of carbonyl (C=O) groups is 1. The van der Waals surface area contributed by atoms with Gasteiger partial charge in [-0.1, -0.05) is 18.2 Å². The first-order chi connectivity index (χ1) is 8.16. The van der Waals surface area contributed by atoms with E-state index in [4.69, 9.17) is 0 Å². The van der Waals surface area contributed by atoms with Gasteiger partial charge in [0, 0.05) is 25.3 Å². The summed E-state index contributed by atoms with van der Waals surface area (Å²) in [6.45, 7) is 0. The number of fused-ring (bicyclic) bond motifs is 1. The second kappa shape index (κ2) is 3.17. The van der Waals surface area contributed by atoms with E-state index in [1.54, 1.807) is 4.68 Å². The summed E-state index contributed by atoms with van der Waals surface area (Å²) >= 11 is 0. The third-order valence-corrected chi connectivity index (χ3v) is 3.41. The largest absolute Gasteiger partial charge is 0.300 e. The van der Waals surface area contributed by atoms with E-state index in [0.717, 1.165) is 16.6 Å². The Morgan fingerprint density at radius 2 is 2.12 bits per heavy atom. The minimum absolute atomic E-state index is 0.150. The van der Waals surface area contributed by atoms with Gasteiger partial charge in [-0.2, -0.15) is 10.4 Å². The van der Waals surface area contributed by atoms with E-state index in [1.165, 1.54) is 0 Å². The summed E-state index contributed by atoms with van der Waals surface area (Å²) in [5.41, 5.74) is 1.08. The molecule has 1 aromatic heterocycles. The molecule has 0 aliphatic heterocycles. The van der Waals surface area contributed by atoms with Crippen molar-refractivity contribution in [1.29, 1.82) is 5.26 Å². The fourth-order valence-corrected chi connectivity index (χ4v) is 2.64. The molecule has 4 heteroatoms. The van der Waals surface area contributed by atoms with Crippen LogP contribution >= 0.6 is 0 Å². The Hall–Kier alpha value is -2.15. The lowest BCUT2D eigenvalue weighted by molar-refractivity contribution is -0.126. The minimum Gasteiger partial charge on any atom is -0.300 e. The van der Waals surface area contributed by atoms with Crippen molar-refractivity contribution in [3.8, 4) is 6.07 Å². The van der Waals surface area contributed by atoms with Crippen molar-refractivity contribution < 1.29 is 4.79 Å². The van der Waals surface area contributed by atoms with Crippen LogP contribution in [-0.4, -0.2) is 15.6 Å². The molecule has 0 bridgehead atoms. The first-order valence-corrected chi connectivity index (χ1v) is 5.51. The van der Waals surface area contributed by atoms with Crippen LogP contribution in [0.4, 0.5) is 0 Å². The average molecular weight is 225 g/mol. The highest BCUT2D eigenvalue weighted by Gasteiger charge is 2.48. The minimum atomic E-state index is -0.665. The monoisotopic (exact) mass is 225 g/mol. The maximum atomic E-state index is 11.2. The summed E-state index contributed by atoms with van der Waals surface area (Å²) in [4.78, 5) is 11.2. The topological polar surface area (TPSA) is 58.7 Å². The molecule has 0 atom stereocenters. The highest BCUT2D eigenvalue weighted by molar-refractivity contribution is 5.93. The van der Waals surface area contributed by atoms with Crippen molar-refractivity contribution in [2.75, 3.05) is 0 Å². The number of aromatic nitrogens is 2. The third kappa shape index (κ3) is 1.22. The van der Waals surface area contributed by atoms with Crippen molar-refractivity contribution >= 4 is 16.7 Å². The second-order valence-electron chi connectivity index (χ2n) is 4.58. The molecule has 1 aliphatic rings. The summed E-state index contributed by atoms with van der Waals surface area (Å²) < 4.78 is 1.74. The molecule has 0 unspecified atom stereocenters. The van der Waals surface area contributed by atoms with Crippen molar-refractivity contribution in [1.82, 2.24) is 9.78 Å². The zero-order chi connectivity index (χ0) is 12.0. The van der Waals surface area contributed by atoms with Crippen LogP contribution in [0.3, 0.4) is 0 Å². The summed E-state index contributed by atoms with van der Waals surface area (Å²) in [5, 5.41) is 14.7. The fourth-order valence-electron chi connectivity index (χ4n) is 2.64. The summed E-state index contributed by atoms with van der Waals surface area (Å²) in [7, 11) is 1.83. The molecule has 0 spiro atoms. The number of hydrogen-bond acceptors (Lipinski definition) is 3. The van der Waals surface area contributed by atoms with Crippen LogP contribution in [-0.2, 0) is 17.3 Å². The van der Waals surface area contributed by atoms with E-state index in [0.29, 0.717) is 12.8 Å². The van der Waals surface area contributed by atoms with E-state index >= 15 is 0 Å². The average Bonchev–Trinajstić information content (AvgIpc) is 2.61. The maximum Gasteiger partial charge on any atom is 0.136 e. The molecular weight excluding hydrogens is 214 g/mol. The summed E-state index contributed by atoms with van der Waals surface area (Å²) in [5.74, 6) is 0.150. The number of rotatable bonds is 1. The van der Waals surface area contributed by atoms with Crippen LogP contribution in [0.15, 0.2) is 24.3 Å². The molecule has 1 aliphatic carbocycles. The number of Topliss-reactive ketones (excluding diaryl/α,β-unsaturated/α-hetero) is 1. The molecule has 4 nitrogen and oxygen atoms in total. The highest BCUT2D eigenvalue weighted by Crippen LogP contribution is 2.43. The molecule has 2 aromatic rings. The lowest BCUT2D eigenvalue weighted by Crippen LogP contribution is -2.42. The van der Waals surface area contributed by atoms with Crippen LogP contribution in [0.1, 0.15) is 18.5 Å². The number of carbonyl (C=O) groups excluding carboxylic acids is 1. The molecule has 1 aromatic carbocycles. The van der Waals surface area contributed by atoms with Gasteiger partial charge in [-0.15, -0.1) is 0 Å². The van der Waals surface area contributed by atoms with Gasteiger partial charge in [-0.05, 0) is 6.07 Å². The molecule has 1 fully saturated rings. The summed E-state index contributed by atoms with van der Waals surface area (Å²) in [6, 6.07) is 10.0. The van der Waals surface area contributed by atoms with Gasteiger partial charge in [-0.25, -0.2) is 0 Å². The number of hydrogen-bond donors (Lipinski definition) is 0. The zero-order valence-corrected chi connectivity index (χ0v) is 9.47. The fraction of sp³-hybridized carbons (Fsp3) is 0.308. The SMILES string of the molecule is Cn1nc2ccccc2c1C1(C#N)CC(=O)C1. The first kappa shape index (κ1) is 10.0. The van der Waals surface area contributed by atoms with Gasteiger partial charge in [0.15, 0.2) is 0 Å². The lowest BCUT2D eigenvalue weighted by Gasteiger charge is -2.33. The Morgan fingerprint density at radius 3 is 2.76 bits per heavy atom. The highest BCUT2D eigenvalue weighted by atomic mass is 16.1. The van der Waals surface area contributed by atoms with E-state index < -0.39 is 5.41 Å². The standard InChI is InChI=1S/C13H11N3O/c1-16-12(13(8-14)6-9(17)7-13)10-4-2-3-5-11(10)15-16/h2-5H,6-7H2,1H3. The molecule has 3 rings (SSSR count). The Balaban J connectivity index is 2.27. The molecule has 0 radical (unpaired) electrons. The lowest BCUT2D eigenvalue weighted by atomic mass is 9.66. The van der Waals surface area contributed by atoms with Gasteiger partial charge in [-0.3, -0.25) is 9.48 Å². The van der Waals surface area contributed by atoms with Crippen LogP contribution < -0.4 is 0 Å². The van der Waals surface area contributed by atoms with Crippen molar-refractivity contribution in [2.45, 2.75) is 18.3 Å². The van der Waals surface area contributed by atoms with Gasteiger partial charge in [0.25, 0.3) is 0 Å². The predicted octanol–water partition coefficient (Wildman–Crippen LogP) is 1.70. The first-order valence-electron chi connectivity index (χ1n) is 5.51. The van der Waals surface area contributed by atoms with Gasteiger partial charge in [0.1, 0.15) is 11.2 Å². The van der Waals surface area contributed by atoms with Crippen molar-refractivity contribution in [3.05, 3.63) is 30.0 Å². The van der Waals surface area contributed by atoms with Crippen LogP contribution in [0.2, 0.25) is 0 Å². The third-order valence-electron chi connectivity index (χ3n) is 3.41. The van der Waals surface area contributed by atoms with Crippen LogP contribution in [0.25, 0.3) is 10.9 Å². The van der Waals surface area contributed by atoms with Crippen LogP contribution in [0.5, 0.6) is 0 Å². The molecule has 17 heavy (non-hydrogen) atoms. The second-order valence-corrected chi connectivity index (χ2v) is 4.58. The van der Waals surface area contributed by atoms with Gasteiger partial charge >= 0.3 is 0 Å². The molecule has 84 valence electrons. The Bertz CT molecular complexity index is 655. The Labute approximate surface area is 98.5 Å². The number of aryl methyl sites for hydroxylation is 1. The number of nitrogens with zero attached hydrogens (tertiary/aromatic N) is 3. The quantitative estimate of drug-likeness (QED) is 0.742. The van der Waals surface area contributed by atoms with Crippen molar-refractivity contribution in [3.63, 3.8) is 0 Å². The van der Waals surface area contributed by atoms with E-state index in [2.05, 4.69) is 11.2 Å². The molecular formula is C13H11N3O. The van der Waals surface area contributed by atoms with E-state index in [-0.39, 0.29) is 5.78 Å². The van der Waals surface area contributed by atoms with Gasteiger partial charge in [0.05, 0.1) is 17.3 Å². The normalized spacial score (nSPS) is 17.8. The molecule has 1 heterocycles. The predicted molar refractivity (Wildman–Crippen MR) is 62.2 cm³/mol. The number of ketones is 1. The van der Waals surface area contributed by atoms with Gasteiger partial charge in [0.2, 0.25) is 0 Å². The number of benzene rings is 1. The molecule has 0 amide bonds. The smallest absolute Gasteiger partial charge is 0.136 e. The van der Waals surface area contributed by atoms with E-state index in [1.807, 2.05) is 31.3 Å². The molecule has 1 saturated carbocycles. The summed E-state index contributed by atoms with van der Waals surface area (Å²) in [6.07, 6.45) is 0.625. The Kier molecular flexibility index (Phi) is 1.87. The number of nitriles is 1. The van der Waals surface area contributed by atoms with Gasteiger partial charge < -0.3 is 0 Å². The molecule has 0 saturated heterocycles. The van der Waals surface area contributed by atoms with E-state index in [9.17, 15) is 10.1 Å².